The fraction of sp³-hybridized carbons (Fsp3) is 0.625. The minimum atomic E-state index is -0.942. The Kier molecular flexibility index (Phi) is 5.75. The fourth-order valence-electron chi connectivity index (χ4n) is 2.60. The molecule has 1 unspecified atom stereocenters. The van der Waals surface area contributed by atoms with E-state index in [0.717, 1.165) is 23.3 Å². The van der Waals surface area contributed by atoms with Gasteiger partial charge in [0.25, 0.3) is 0 Å². The van der Waals surface area contributed by atoms with Crippen LogP contribution in [-0.4, -0.2) is 23.7 Å². The molecule has 1 saturated heterocycles. The van der Waals surface area contributed by atoms with Crippen molar-refractivity contribution in [1.29, 1.82) is 0 Å². The molecule has 0 saturated carbocycles. The van der Waals surface area contributed by atoms with Gasteiger partial charge in [0.1, 0.15) is 0 Å². The smallest absolute Gasteiger partial charge is 0.194 e. The monoisotopic (exact) mass is 296 g/mol. The van der Waals surface area contributed by atoms with Crippen LogP contribution < -0.4 is 0 Å². The van der Waals surface area contributed by atoms with Crippen molar-refractivity contribution in [3.63, 3.8) is 0 Å². The topological polar surface area (TPSA) is 35.5 Å². The van der Waals surface area contributed by atoms with Crippen LogP contribution in [0.1, 0.15) is 44.6 Å². The van der Waals surface area contributed by atoms with Gasteiger partial charge in [-0.15, -0.1) is 0 Å². The van der Waals surface area contributed by atoms with E-state index >= 15 is 0 Å². The van der Waals surface area contributed by atoms with E-state index in [9.17, 15) is 4.21 Å². The molecule has 0 aromatic heterocycles. The summed E-state index contributed by atoms with van der Waals surface area (Å²) in [6, 6.07) is 7.79. The summed E-state index contributed by atoms with van der Waals surface area (Å²) >= 11 is 0. The summed E-state index contributed by atoms with van der Waals surface area (Å²) in [5.41, 5.74) is 1.04. The third-order valence-electron chi connectivity index (χ3n) is 3.74. The van der Waals surface area contributed by atoms with Crippen LogP contribution in [0.3, 0.4) is 0 Å². The first-order chi connectivity index (χ1) is 9.68. The highest BCUT2D eigenvalue weighted by atomic mass is 32.2. The zero-order valence-electron chi connectivity index (χ0n) is 12.4. The summed E-state index contributed by atoms with van der Waals surface area (Å²) in [7, 11) is -0.942. The molecular weight excluding hydrogens is 272 g/mol. The maximum Gasteiger partial charge on any atom is 0.194 e. The lowest BCUT2D eigenvalue weighted by atomic mass is 9.99. The molecule has 1 aromatic rings. The molecule has 0 spiro atoms. The predicted molar refractivity (Wildman–Crippen MR) is 81.1 cm³/mol. The van der Waals surface area contributed by atoms with Crippen molar-refractivity contribution in [3.05, 3.63) is 29.8 Å². The number of hydrogen-bond donors (Lipinski definition) is 0. The zero-order valence-corrected chi connectivity index (χ0v) is 13.2. The first-order valence-electron chi connectivity index (χ1n) is 7.40. The molecule has 0 N–H and O–H groups in total. The van der Waals surface area contributed by atoms with E-state index in [-0.39, 0.29) is 0 Å². The van der Waals surface area contributed by atoms with E-state index in [4.69, 9.17) is 9.47 Å². The zero-order chi connectivity index (χ0) is 14.4. The summed E-state index contributed by atoms with van der Waals surface area (Å²) in [6.45, 7) is 3.51. The van der Waals surface area contributed by atoms with E-state index in [1.165, 1.54) is 19.3 Å². The number of hydrogen-bond acceptors (Lipinski definition) is 3. The Balaban J connectivity index is 2.09. The van der Waals surface area contributed by atoms with Gasteiger partial charge in [0.15, 0.2) is 5.79 Å². The van der Waals surface area contributed by atoms with Gasteiger partial charge >= 0.3 is 0 Å². The van der Waals surface area contributed by atoms with Crippen LogP contribution in [0.25, 0.3) is 0 Å². The maximum absolute atomic E-state index is 11.5. The van der Waals surface area contributed by atoms with Crippen LogP contribution >= 0.6 is 0 Å². The third-order valence-corrected chi connectivity index (χ3v) is 4.68. The van der Waals surface area contributed by atoms with Crippen LogP contribution in [0.5, 0.6) is 0 Å². The Labute approximate surface area is 124 Å². The number of rotatable bonds is 7. The van der Waals surface area contributed by atoms with Crippen LogP contribution in [-0.2, 0) is 26.1 Å². The highest BCUT2D eigenvalue weighted by Gasteiger charge is 2.37. The standard InChI is InChI=1S/C16H24O3S/c1-3-4-5-6-11-16(18-12-13-19-16)14-7-9-15(10-8-14)20(2)17/h7-10H,3-6,11-13H2,1-2H3. The van der Waals surface area contributed by atoms with Crippen molar-refractivity contribution >= 4 is 10.8 Å². The van der Waals surface area contributed by atoms with Gasteiger partial charge in [0.2, 0.25) is 0 Å². The van der Waals surface area contributed by atoms with Crippen molar-refractivity contribution in [1.82, 2.24) is 0 Å². The minimum Gasteiger partial charge on any atom is -0.343 e. The molecule has 0 radical (unpaired) electrons. The van der Waals surface area contributed by atoms with Crippen molar-refractivity contribution in [3.8, 4) is 0 Å². The molecule has 1 aliphatic heterocycles. The molecular formula is C16H24O3S. The molecule has 1 atom stereocenters. The quantitative estimate of drug-likeness (QED) is 0.721. The fourth-order valence-corrected chi connectivity index (χ4v) is 3.11. The molecule has 0 aliphatic carbocycles. The van der Waals surface area contributed by atoms with Gasteiger partial charge in [-0.05, 0) is 18.6 Å². The molecule has 3 nitrogen and oxygen atoms in total. The second-order valence-corrected chi connectivity index (χ2v) is 6.62. The van der Waals surface area contributed by atoms with Gasteiger partial charge in [-0.1, -0.05) is 38.3 Å². The van der Waals surface area contributed by atoms with Crippen molar-refractivity contribution in [2.24, 2.45) is 0 Å². The van der Waals surface area contributed by atoms with Crippen LogP contribution in [0, 0.1) is 0 Å². The Morgan fingerprint density at radius 1 is 1.10 bits per heavy atom. The van der Waals surface area contributed by atoms with E-state index in [0.29, 0.717) is 13.2 Å². The van der Waals surface area contributed by atoms with Crippen LogP contribution in [0.4, 0.5) is 0 Å². The second kappa shape index (κ2) is 7.34. The number of unbranched alkanes of at least 4 members (excludes halogenated alkanes) is 3. The summed E-state index contributed by atoms with van der Waals surface area (Å²) < 4.78 is 23.3. The molecule has 1 aromatic carbocycles. The molecule has 0 amide bonds. The Bertz CT molecular complexity index is 436. The van der Waals surface area contributed by atoms with Gasteiger partial charge in [-0.3, -0.25) is 4.21 Å². The summed E-state index contributed by atoms with van der Waals surface area (Å²) in [5, 5.41) is 0. The molecule has 2 rings (SSSR count). The SMILES string of the molecule is CCCCCCC1(c2ccc(S(C)=O)cc2)OCCO1. The third kappa shape index (κ3) is 3.68. The summed E-state index contributed by atoms with van der Waals surface area (Å²) in [5.74, 6) is -0.582. The minimum absolute atomic E-state index is 0.582. The van der Waals surface area contributed by atoms with Crippen LogP contribution in [0.2, 0.25) is 0 Å². The Morgan fingerprint density at radius 3 is 2.30 bits per heavy atom. The van der Waals surface area contributed by atoms with E-state index in [1.807, 2.05) is 24.3 Å². The highest BCUT2D eigenvalue weighted by molar-refractivity contribution is 7.84. The van der Waals surface area contributed by atoms with Gasteiger partial charge in [-0.2, -0.15) is 0 Å². The largest absolute Gasteiger partial charge is 0.343 e. The summed E-state index contributed by atoms with van der Waals surface area (Å²) in [4.78, 5) is 0.841. The Morgan fingerprint density at radius 2 is 1.75 bits per heavy atom. The molecule has 1 heterocycles. The molecule has 0 bridgehead atoms. The van der Waals surface area contributed by atoms with Crippen LogP contribution in [0.15, 0.2) is 29.2 Å². The maximum atomic E-state index is 11.5. The Hall–Kier alpha value is -0.710. The predicted octanol–water partition coefficient (Wildman–Crippen LogP) is 3.59. The second-order valence-electron chi connectivity index (χ2n) is 5.24. The number of ether oxygens (including phenoxy) is 2. The van der Waals surface area contributed by atoms with Crippen molar-refractivity contribution in [2.75, 3.05) is 19.5 Å². The van der Waals surface area contributed by atoms with Gasteiger partial charge in [-0.25, -0.2) is 0 Å². The number of benzene rings is 1. The highest BCUT2D eigenvalue weighted by Crippen LogP contribution is 2.36. The average molecular weight is 296 g/mol. The van der Waals surface area contributed by atoms with Crippen molar-refractivity contribution in [2.45, 2.75) is 49.7 Å². The lowest BCUT2D eigenvalue weighted by Gasteiger charge is -2.28. The first kappa shape index (κ1) is 15.7. The normalized spacial score (nSPS) is 19.1. The lowest BCUT2D eigenvalue weighted by molar-refractivity contribution is -0.171. The van der Waals surface area contributed by atoms with E-state index < -0.39 is 16.6 Å². The molecule has 1 aliphatic rings. The molecule has 4 heteroatoms. The van der Waals surface area contributed by atoms with E-state index in [1.54, 1.807) is 6.26 Å². The molecule has 1 fully saturated rings. The van der Waals surface area contributed by atoms with Crippen molar-refractivity contribution < 1.29 is 13.7 Å². The first-order valence-corrected chi connectivity index (χ1v) is 8.95. The van der Waals surface area contributed by atoms with Gasteiger partial charge in [0, 0.05) is 33.9 Å². The lowest BCUT2D eigenvalue weighted by Crippen LogP contribution is -2.27. The molecule has 112 valence electrons. The molecule has 20 heavy (non-hydrogen) atoms. The average Bonchev–Trinajstić information content (AvgIpc) is 2.94. The van der Waals surface area contributed by atoms with E-state index in [2.05, 4.69) is 6.92 Å². The van der Waals surface area contributed by atoms with Gasteiger partial charge < -0.3 is 9.47 Å². The van der Waals surface area contributed by atoms with Gasteiger partial charge in [0.05, 0.1) is 13.2 Å². The summed E-state index contributed by atoms with van der Waals surface area (Å²) in [6.07, 6.45) is 7.38.